The van der Waals surface area contributed by atoms with Gasteiger partial charge in [0.25, 0.3) is 0 Å². The van der Waals surface area contributed by atoms with Gasteiger partial charge >= 0.3 is 0 Å². The van der Waals surface area contributed by atoms with Gasteiger partial charge in [-0.1, -0.05) is 30.3 Å². The second kappa shape index (κ2) is 5.43. The number of nitrogens with one attached hydrogen (secondary N) is 1. The van der Waals surface area contributed by atoms with Crippen LogP contribution in [0.3, 0.4) is 0 Å². The molecule has 1 aromatic heterocycles. The van der Waals surface area contributed by atoms with Crippen molar-refractivity contribution >= 4 is 5.69 Å². The van der Waals surface area contributed by atoms with Crippen LogP contribution in [0.5, 0.6) is 0 Å². The van der Waals surface area contributed by atoms with E-state index in [0.29, 0.717) is 18.4 Å². The number of rotatable bonds is 4. The topological polar surface area (TPSA) is 51.0 Å². The molecular formula is C15H19N3O. The molecule has 0 aliphatic heterocycles. The van der Waals surface area contributed by atoms with Gasteiger partial charge in [-0.15, -0.1) is 0 Å². The Morgan fingerprint density at radius 2 is 2.11 bits per heavy atom. The zero-order valence-electron chi connectivity index (χ0n) is 11.2. The first-order valence-corrected chi connectivity index (χ1v) is 6.92. The zero-order valence-corrected chi connectivity index (χ0v) is 11.2. The summed E-state index contributed by atoms with van der Waals surface area (Å²) in [4.78, 5) is 4.50. The second-order valence-electron chi connectivity index (χ2n) is 5.38. The Balaban J connectivity index is 1.59. The van der Waals surface area contributed by atoms with Crippen LogP contribution in [0.2, 0.25) is 0 Å². The summed E-state index contributed by atoms with van der Waals surface area (Å²) in [5.74, 6) is 2.83. The highest BCUT2D eigenvalue weighted by Gasteiger charge is 2.26. The summed E-state index contributed by atoms with van der Waals surface area (Å²) in [5, 5.41) is 7.40. The van der Waals surface area contributed by atoms with Crippen LogP contribution in [0.1, 0.15) is 43.8 Å². The number of para-hydroxylation sites is 1. The molecular weight excluding hydrogens is 238 g/mol. The fraction of sp³-hybridized carbons (Fsp3) is 0.467. The number of anilines is 1. The number of nitrogens with zero attached hydrogens (tertiary/aromatic N) is 2. The highest BCUT2D eigenvalue weighted by molar-refractivity contribution is 5.42. The minimum absolute atomic E-state index is 0.490. The van der Waals surface area contributed by atoms with Crippen molar-refractivity contribution in [1.82, 2.24) is 10.1 Å². The highest BCUT2D eigenvalue weighted by atomic mass is 16.5. The molecule has 2 unspecified atom stereocenters. The summed E-state index contributed by atoms with van der Waals surface area (Å²) in [6.45, 7) is 2.87. The first-order chi connectivity index (χ1) is 9.31. The lowest BCUT2D eigenvalue weighted by Gasteiger charge is -2.02. The SMILES string of the molecule is CC1CCC(c2noc(CNc3ccccc3)n2)C1. The van der Waals surface area contributed by atoms with Gasteiger partial charge in [0.1, 0.15) is 0 Å². The van der Waals surface area contributed by atoms with Crippen LogP contribution in [-0.4, -0.2) is 10.1 Å². The Kier molecular flexibility index (Phi) is 3.49. The molecule has 1 heterocycles. The average molecular weight is 257 g/mol. The first-order valence-electron chi connectivity index (χ1n) is 6.92. The third kappa shape index (κ3) is 2.95. The minimum atomic E-state index is 0.490. The fourth-order valence-electron chi connectivity index (χ4n) is 2.68. The van der Waals surface area contributed by atoms with Gasteiger partial charge in [-0.3, -0.25) is 0 Å². The molecule has 0 saturated heterocycles. The van der Waals surface area contributed by atoms with E-state index in [1.165, 1.54) is 19.3 Å². The highest BCUT2D eigenvalue weighted by Crippen LogP contribution is 2.36. The van der Waals surface area contributed by atoms with Crippen LogP contribution in [-0.2, 0) is 6.54 Å². The predicted octanol–water partition coefficient (Wildman–Crippen LogP) is 3.59. The van der Waals surface area contributed by atoms with Gasteiger partial charge in [0.05, 0.1) is 6.54 Å². The summed E-state index contributed by atoms with van der Waals surface area (Å²) >= 11 is 0. The van der Waals surface area contributed by atoms with Crippen molar-refractivity contribution in [2.75, 3.05) is 5.32 Å². The van der Waals surface area contributed by atoms with Crippen molar-refractivity contribution in [2.24, 2.45) is 5.92 Å². The van der Waals surface area contributed by atoms with Crippen LogP contribution >= 0.6 is 0 Å². The van der Waals surface area contributed by atoms with Gasteiger partial charge in [-0.2, -0.15) is 4.98 Å². The largest absolute Gasteiger partial charge is 0.376 e. The number of aromatic nitrogens is 2. The molecule has 19 heavy (non-hydrogen) atoms. The smallest absolute Gasteiger partial charge is 0.245 e. The van der Waals surface area contributed by atoms with E-state index in [1.54, 1.807) is 0 Å². The Morgan fingerprint density at radius 1 is 1.26 bits per heavy atom. The minimum Gasteiger partial charge on any atom is -0.376 e. The Morgan fingerprint density at radius 3 is 2.84 bits per heavy atom. The van der Waals surface area contributed by atoms with Crippen molar-refractivity contribution in [2.45, 2.75) is 38.6 Å². The van der Waals surface area contributed by atoms with Crippen molar-refractivity contribution in [3.63, 3.8) is 0 Å². The fourth-order valence-corrected chi connectivity index (χ4v) is 2.68. The molecule has 1 N–H and O–H groups in total. The summed E-state index contributed by atoms with van der Waals surface area (Å²) in [6, 6.07) is 10.0. The molecule has 2 aromatic rings. The summed E-state index contributed by atoms with van der Waals surface area (Å²) in [7, 11) is 0. The van der Waals surface area contributed by atoms with E-state index in [9.17, 15) is 0 Å². The second-order valence-corrected chi connectivity index (χ2v) is 5.38. The molecule has 0 radical (unpaired) electrons. The van der Waals surface area contributed by atoms with Crippen molar-refractivity contribution < 1.29 is 4.52 Å². The van der Waals surface area contributed by atoms with Crippen LogP contribution in [0.25, 0.3) is 0 Å². The van der Waals surface area contributed by atoms with E-state index in [1.807, 2.05) is 30.3 Å². The molecule has 1 aliphatic carbocycles. The normalized spacial score (nSPS) is 22.6. The lowest BCUT2D eigenvalue weighted by atomic mass is 10.1. The average Bonchev–Trinajstić information content (AvgIpc) is 3.06. The van der Waals surface area contributed by atoms with E-state index >= 15 is 0 Å². The monoisotopic (exact) mass is 257 g/mol. The van der Waals surface area contributed by atoms with Crippen LogP contribution in [0.4, 0.5) is 5.69 Å². The maximum absolute atomic E-state index is 5.31. The van der Waals surface area contributed by atoms with E-state index < -0.39 is 0 Å². The summed E-state index contributed by atoms with van der Waals surface area (Å²) in [5.41, 5.74) is 1.07. The lowest BCUT2D eigenvalue weighted by Crippen LogP contribution is -2.00. The van der Waals surface area contributed by atoms with Crippen molar-refractivity contribution in [1.29, 1.82) is 0 Å². The number of benzene rings is 1. The van der Waals surface area contributed by atoms with E-state index in [-0.39, 0.29) is 0 Å². The molecule has 0 bridgehead atoms. The zero-order chi connectivity index (χ0) is 13.1. The summed E-state index contributed by atoms with van der Waals surface area (Å²) in [6.07, 6.45) is 3.65. The maximum Gasteiger partial charge on any atom is 0.245 e. The molecule has 0 spiro atoms. The third-order valence-electron chi connectivity index (χ3n) is 3.76. The molecule has 1 fully saturated rings. The molecule has 0 amide bonds. The molecule has 4 nitrogen and oxygen atoms in total. The maximum atomic E-state index is 5.31. The molecule has 2 atom stereocenters. The molecule has 1 aromatic carbocycles. The van der Waals surface area contributed by atoms with Gasteiger partial charge in [0, 0.05) is 11.6 Å². The van der Waals surface area contributed by atoms with Gasteiger partial charge in [-0.05, 0) is 37.3 Å². The van der Waals surface area contributed by atoms with E-state index in [4.69, 9.17) is 4.52 Å². The molecule has 4 heteroatoms. The standard InChI is InChI=1S/C15H19N3O/c1-11-7-8-12(9-11)15-17-14(19-18-15)10-16-13-5-3-2-4-6-13/h2-6,11-12,16H,7-10H2,1H3. The van der Waals surface area contributed by atoms with Crippen LogP contribution < -0.4 is 5.32 Å². The lowest BCUT2D eigenvalue weighted by molar-refractivity contribution is 0.373. The van der Waals surface area contributed by atoms with Gasteiger partial charge < -0.3 is 9.84 Å². The van der Waals surface area contributed by atoms with E-state index in [0.717, 1.165) is 17.4 Å². The quantitative estimate of drug-likeness (QED) is 0.909. The Hall–Kier alpha value is -1.84. The van der Waals surface area contributed by atoms with Crippen LogP contribution in [0, 0.1) is 5.92 Å². The number of hydrogen-bond acceptors (Lipinski definition) is 4. The number of hydrogen-bond donors (Lipinski definition) is 1. The van der Waals surface area contributed by atoms with Gasteiger partial charge in [-0.25, -0.2) is 0 Å². The van der Waals surface area contributed by atoms with Crippen molar-refractivity contribution in [3.05, 3.63) is 42.0 Å². The Labute approximate surface area is 113 Å². The van der Waals surface area contributed by atoms with Crippen LogP contribution in [0.15, 0.2) is 34.9 Å². The summed E-state index contributed by atoms with van der Waals surface area (Å²) < 4.78 is 5.31. The van der Waals surface area contributed by atoms with Gasteiger partial charge in [0.2, 0.25) is 5.89 Å². The van der Waals surface area contributed by atoms with E-state index in [2.05, 4.69) is 22.4 Å². The van der Waals surface area contributed by atoms with Crippen molar-refractivity contribution in [3.8, 4) is 0 Å². The molecule has 1 aliphatic rings. The molecule has 1 saturated carbocycles. The van der Waals surface area contributed by atoms with Gasteiger partial charge in [0.15, 0.2) is 5.82 Å². The molecule has 100 valence electrons. The predicted molar refractivity (Wildman–Crippen MR) is 73.8 cm³/mol. The molecule has 3 rings (SSSR count). The Bertz CT molecular complexity index is 523. The first kappa shape index (κ1) is 12.2. The third-order valence-corrected chi connectivity index (χ3v) is 3.76.